The fourth-order valence-corrected chi connectivity index (χ4v) is 2.86. The standard InChI is InChI=1S/C11H11BrN2OS/c1-15-11-6-8(13-7-14-11)5-9(12)10-3-2-4-16-10/h2-4,6-7,9H,5H2,1H3. The van der Waals surface area contributed by atoms with Crippen LogP contribution in [0.25, 0.3) is 0 Å². The van der Waals surface area contributed by atoms with Crippen LogP contribution in [0.5, 0.6) is 5.88 Å². The molecule has 84 valence electrons. The number of aromatic nitrogens is 2. The predicted molar refractivity (Wildman–Crippen MR) is 68.3 cm³/mol. The van der Waals surface area contributed by atoms with E-state index in [0.717, 1.165) is 12.1 Å². The average Bonchev–Trinajstić information content (AvgIpc) is 2.83. The molecule has 0 radical (unpaired) electrons. The first kappa shape index (κ1) is 11.5. The van der Waals surface area contributed by atoms with E-state index in [1.54, 1.807) is 18.4 Å². The van der Waals surface area contributed by atoms with Gasteiger partial charge in [0.25, 0.3) is 0 Å². The minimum atomic E-state index is 0.298. The summed E-state index contributed by atoms with van der Waals surface area (Å²) in [4.78, 5) is 9.80. The van der Waals surface area contributed by atoms with Crippen molar-refractivity contribution in [3.05, 3.63) is 40.5 Å². The highest BCUT2D eigenvalue weighted by molar-refractivity contribution is 9.09. The quantitative estimate of drug-likeness (QED) is 0.813. The van der Waals surface area contributed by atoms with Crippen molar-refractivity contribution in [1.29, 1.82) is 0 Å². The number of ether oxygens (including phenoxy) is 1. The molecule has 0 aliphatic carbocycles. The zero-order chi connectivity index (χ0) is 11.4. The van der Waals surface area contributed by atoms with Gasteiger partial charge in [-0.05, 0) is 11.4 Å². The Morgan fingerprint density at radius 2 is 2.38 bits per heavy atom. The number of alkyl halides is 1. The van der Waals surface area contributed by atoms with Crippen LogP contribution in [-0.2, 0) is 6.42 Å². The Morgan fingerprint density at radius 3 is 3.06 bits per heavy atom. The van der Waals surface area contributed by atoms with E-state index in [0.29, 0.717) is 10.7 Å². The summed E-state index contributed by atoms with van der Waals surface area (Å²) in [7, 11) is 1.61. The van der Waals surface area contributed by atoms with Gasteiger partial charge in [0.1, 0.15) is 6.33 Å². The Hall–Kier alpha value is -0.940. The van der Waals surface area contributed by atoms with Gasteiger partial charge in [0, 0.05) is 23.1 Å². The van der Waals surface area contributed by atoms with Gasteiger partial charge in [-0.2, -0.15) is 0 Å². The van der Waals surface area contributed by atoms with Gasteiger partial charge in [-0.15, -0.1) is 11.3 Å². The molecule has 1 atom stereocenters. The van der Waals surface area contributed by atoms with Crippen molar-refractivity contribution in [3.8, 4) is 5.88 Å². The summed E-state index contributed by atoms with van der Waals surface area (Å²) in [5, 5.41) is 2.07. The van der Waals surface area contributed by atoms with Crippen LogP contribution in [0.4, 0.5) is 0 Å². The van der Waals surface area contributed by atoms with Crippen LogP contribution in [0.2, 0.25) is 0 Å². The molecule has 0 bridgehead atoms. The molecule has 2 heterocycles. The largest absolute Gasteiger partial charge is 0.481 e. The molecule has 0 fully saturated rings. The molecule has 2 aromatic rings. The van der Waals surface area contributed by atoms with E-state index in [9.17, 15) is 0 Å². The Labute approximate surface area is 107 Å². The molecule has 0 N–H and O–H groups in total. The number of thiophene rings is 1. The molecular formula is C11H11BrN2OS. The number of halogens is 1. The summed E-state index contributed by atoms with van der Waals surface area (Å²) in [5.41, 5.74) is 0.974. The van der Waals surface area contributed by atoms with E-state index in [1.165, 1.54) is 11.2 Å². The maximum atomic E-state index is 5.06. The van der Waals surface area contributed by atoms with Crippen LogP contribution in [0.1, 0.15) is 15.4 Å². The molecule has 0 aliphatic rings. The second kappa shape index (κ2) is 5.41. The fourth-order valence-electron chi connectivity index (χ4n) is 1.35. The normalized spacial score (nSPS) is 12.4. The van der Waals surface area contributed by atoms with Crippen LogP contribution in [0, 0.1) is 0 Å². The van der Waals surface area contributed by atoms with Gasteiger partial charge in [0.05, 0.1) is 11.9 Å². The van der Waals surface area contributed by atoms with Gasteiger partial charge in [-0.3, -0.25) is 0 Å². The number of rotatable bonds is 4. The van der Waals surface area contributed by atoms with Crippen molar-refractivity contribution >= 4 is 27.3 Å². The number of methoxy groups -OCH3 is 1. The maximum Gasteiger partial charge on any atom is 0.216 e. The molecular weight excluding hydrogens is 288 g/mol. The third kappa shape index (κ3) is 2.80. The minimum Gasteiger partial charge on any atom is -0.481 e. The van der Waals surface area contributed by atoms with Crippen LogP contribution >= 0.6 is 27.3 Å². The van der Waals surface area contributed by atoms with Crippen molar-refractivity contribution in [2.24, 2.45) is 0 Å². The lowest BCUT2D eigenvalue weighted by molar-refractivity contribution is 0.396. The molecule has 0 spiro atoms. The summed E-state index contributed by atoms with van der Waals surface area (Å²) in [6, 6.07) is 6.03. The molecule has 0 saturated carbocycles. The SMILES string of the molecule is COc1cc(CC(Br)c2cccs2)ncn1. The monoisotopic (exact) mass is 298 g/mol. The third-order valence-electron chi connectivity index (χ3n) is 2.15. The van der Waals surface area contributed by atoms with E-state index >= 15 is 0 Å². The highest BCUT2D eigenvalue weighted by atomic mass is 79.9. The van der Waals surface area contributed by atoms with E-state index in [4.69, 9.17) is 4.74 Å². The summed E-state index contributed by atoms with van der Waals surface area (Å²) in [5.74, 6) is 0.607. The summed E-state index contributed by atoms with van der Waals surface area (Å²) < 4.78 is 5.06. The first-order chi connectivity index (χ1) is 7.79. The van der Waals surface area contributed by atoms with Crippen LogP contribution in [-0.4, -0.2) is 17.1 Å². The number of hydrogen-bond donors (Lipinski definition) is 0. The van der Waals surface area contributed by atoms with Crippen LogP contribution in [0.3, 0.4) is 0 Å². The number of nitrogens with zero attached hydrogens (tertiary/aromatic N) is 2. The lowest BCUT2D eigenvalue weighted by Gasteiger charge is -2.07. The van der Waals surface area contributed by atoms with Crippen molar-refractivity contribution in [2.45, 2.75) is 11.2 Å². The summed E-state index contributed by atoms with van der Waals surface area (Å²) >= 11 is 5.40. The van der Waals surface area contributed by atoms with Gasteiger partial charge in [-0.1, -0.05) is 22.0 Å². The lowest BCUT2D eigenvalue weighted by atomic mass is 10.2. The molecule has 2 aromatic heterocycles. The summed E-state index contributed by atoms with van der Waals surface area (Å²) in [6.07, 6.45) is 2.36. The Morgan fingerprint density at radius 1 is 1.50 bits per heavy atom. The first-order valence-electron chi connectivity index (χ1n) is 4.82. The van der Waals surface area contributed by atoms with E-state index in [2.05, 4.69) is 43.4 Å². The maximum absolute atomic E-state index is 5.06. The van der Waals surface area contributed by atoms with Crippen molar-refractivity contribution < 1.29 is 4.74 Å². The molecule has 0 aliphatic heterocycles. The zero-order valence-electron chi connectivity index (χ0n) is 8.76. The Bertz CT molecular complexity index is 447. The fraction of sp³-hybridized carbons (Fsp3) is 0.273. The second-order valence-electron chi connectivity index (χ2n) is 3.24. The predicted octanol–water partition coefficient (Wildman–Crippen LogP) is 3.23. The van der Waals surface area contributed by atoms with Gasteiger partial charge in [0.2, 0.25) is 5.88 Å². The molecule has 5 heteroatoms. The Balaban J connectivity index is 2.08. The Kier molecular flexibility index (Phi) is 3.90. The van der Waals surface area contributed by atoms with Crippen molar-refractivity contribution in [1.82, 2.24) is 9.97 Å². The van der Waals surface area contributed by atoms with Crippen molar-refractivity contribution in [3.63, 3.8) is 0 Å². The van der Waals surface area contributed by atoms with Gasteiger partial charge >= 0.3 is 0 Å². The van der Waals surface area contributed by atoms with Gasteiger partial charge in [-0.25, -0.2) is 9.97 Å². The third-order valence-corrected chi connectivity index (χ3v) is 4.25. The molecule has 0 aromatic carbocycles. The van der Waals surface area contributed by atoms with Gasteiger partial charge in [0.15, 0.2) is 0 Å². The summed E-state index contributed by atoms with van der Waals surface area (Å²) in [6.45, 7) is 0. The lowest BCUT2D eigenvalue weighted by Crippen LogP contribution is -1.98. The number of hydrogen-bond acceptors (Lipinski definition) is 4. The van der Waals surface area contributed by atoms with Crippen molar-refractivity contribution in [2.75, 3.05) is 7.11 Å². The minimum absolute atomic E-state index is 0.298. The smallest absolute Gasteiger partial charge is 0.216 e. The van der Waals surface area contributed by atoms with E-state index < -0.39 is 0 Å². The van der Waals surface area contributed by atoms with Crippen LogP contribution < -0.4 is 4.74 Å². The molecule has 3 nitrogen and oxygen atoms in total. The highest BCUT2D eigenvalue weighted by Crippen LogP contribution is 2.30. The first-order valence-corrected chi connectivity index (χ1v) is 6.61. The molecule has 16 heavy (non-hydrogen) atoms. The molecule has 1 unspecified atom stereocenters. The van der Waals surface area contributed by atoms with E-state index in [1.807, 2.05) is 6.07 Å². The van der Waals surface area contributed by atoms with E-state index in [-0.39, 0.29) is 0 Å². The average molecular weight is 299 g/mol. The highest BCUT2D eigenvalue weighted by Gasteiger charge is 2.10. The molecule has 0 amide bonds. The van der Waals surface area contributed by atoms with Crippen LogP contribution in [0.15, 0.2) is 29.9 Å². The molecule has 0 saturated heterocycles. The zero-order valence-corrected chi connectivity index (χ0v) is 11.2. The van der Waals surface area contributed by atoms with Gasteiger partial charge < -0.3 is 4.74 Å². The topological polar surface area (TPSA) is 35.0 Å². The second-order valence-corrected chi connectivity index (χ2v) is 5.32. The molecule has 2 rings (SSSR count).